The van der Waals surface area contributed by atoms with Crippen LogP contribution in [0.5, 0.6) is 0 Å². The van der Waals surface area contributed by atoms with Gasteiger partial charge in [0.1, 0.15) is 0 Å². The van der Waals surface area contributed by atoms with Crippen molar-refractivity contribution in [2.24, 2.45) is 0 Å². The summed E-state index contributed by atoms with van der Waals surface area (Å²) in [6.07, 6.45) is 0.638. The molecule has 1 unspecified atom stereocenters. The lowest BCUT2D eigenvalue weighted by molar-refractivity contribution is -0.138. The lowest BCUT2D eigenvalue weighted by Gasteiger charge is -2.08. The van der Waals surface area contributed by atoms with E-state index in [4.69, 9.17) is 5.11 Å². The molecule has 0 heterocycles. The van der Waals surface area contributed by atoms with E-state index in [2.05, 4.69) is 0 Å². The summed E-state index contributed by atoms with van der Waals surface area (Å²) in [7, 11) is 0. The van der Waals surface area contributed by atoms with E-state index >= 15 is 0 Å². The number of carboxylic acids is 1. The molecule has 1 rings (SSSR count). The average Bonchev–Trinajstić information content (AvgIpc) is 2.07. The highest BCUT2D eigenvalue weighted by atomic mass is 16.4. The van der Waals surface area contributed by atoms with Crippen molar-refractivity contribution >= 4 is 5.97 Å². The third kappa shape index (κ3) is 2.87. The number of carboxylic acid groups (broad SMARTS) is 1. The maximum atomic E-state index is 10.7. The van der Waals surface area contributed by atoms with Crippen LogP contribution in [0.25, 0.3) is 0 Å². The fourth-order valence-electron chi connectivity index (χ4n) is 1.24. The van der Waals surface area contributed by atoms with E-state index in [0.717, 1.165) is 5.56 Å². The summed E-state index contributed by atoms with van der Waals surface area (Å²) in [5.41, 5.74) is 0.882. The maximum absolute atomic E-state index is 10.7. The molecule has 1 aromatic rings. The van der Waals surface area contributed by atoms with Gasteiger partial charge < -0.3 is 11.3 Å². The predicted octanol–water partition coefficient (Wildman–Crippen LogP) is 2.43. The molecule has 0 aliphatic carbocycles. The van der Waals surface area contributed by atoms with Crippen LogP contribution in [0, 0.1) is 0 Å². The Labute approximate surface area is 78.0 Å². The SMILES string of the molecule is CCC(C(=O)O)c1ccccc1.N. The summed E-state index contributed by atoms with van der Waals surface area (Å²) in [5.74, 6) is -1.10. The summed E-state index contributed by atoms with van der Waals surface area (Å²) in [6.45, 7) is 1.88. The largest absolute Gasteiger partial charge is 0.481 e. The highest BCUT2D eigenvalue weighted by Gasteiger charge is 2.16. The highest BCUT2D eigenvalue weighted by Crippen LogP contribution is 2.18. The Bertz CT molecular complexity index is 259. The molecule has 3 heteroatoms. The van der Waals surface area contributed by atoms with Gasteiger partial charge in [-0.25, -0.2) is 0 Å². The van der Waals surface area contributed by atoms with Crippen molar-refractivity contribution in [1.29, 1.82) is 0 Å². The molecule has 13 heavy (non-hydrogen) atoms. The monoisotopic (exact) mass is 181 g/mol. The number of hydrogen-bond acceptors (Lipinski definition) is 2. The van der Waals surface area contributed by atoms with Gasteiger partial charge in [-0.05, 0) is 12.0 Å². The lowest BCUT2D eigenvalue weighted by atomic mass is 9.97. The van der Waals surface area contributed by atoms with Gasteiger partial charge in [-0.1, -0.05) is 37.3 Å². The quantitative estimate of drug-likeness (QED) is 0.752. The van der Waals surface area contributed by atoms with Gasteiger partial charge in [0, 0.05) is 0 Å². The van der Waals surface area contributed by atoms with E-state index in [1.807, 2.05) is 37.3 Å². The van der Waals surface area contributed by atoms with Gasteiger partial charge in [0.2, 0.25) is 0 Å². The highest BCUT2D eigenvalue weighted by molar-refractivity contribution is 5.75. The van der Waals surface area contributed by atoms with Gasteiger partial charge in [-0.15, -0.1) is 0 Å². The number of carbonyl (C=O) groups is 1. The third-order valence-corrected chi connectivity index (χ3v) is 1.91. The first-order valence-electron chi connectivity index (χ1n) is 4.03. The van der Waals surface area contributed by atoms with Crippen LogP contribution in [-0.4, -0.2) is 11.1 Å². The molecule has 3 nitrogen and oxygen atoms in total. The van der Waals surface area contributed by atoms with Crippen LogP contribution >= 0.6 is 0 Å². The first-order valence-corrected chi connectivity index (χ1v) is 4.03. The Hall–Kier alpha value is -1.35. The Kier molecular flexibility index (Phi) is 4.77. The molecule has 0 aliphatic heterocycles. The first-order chi connectivity index (χ1) is 5.75. The molecule has 4 N–H and O–H groups in total. The molecule has 0 amide bonds. The van der Waals surface area contributed by atoms with Gasteiger partial charge in [0.15, 0.2) is 0 Å². The number of aliphatic carboxylic acids is 1. The van der Waals surface area contributed by atoms with Gasteiger partial charge in [-0.2, -0.15) is 0 Å². The zero-order valence-corrected chi connectivity index (χ0v) is 7.73. The molecule has 1 atom stereocenters. The smallest absolute Gasteiger partial charge is 0.310 e. The fourth-order valence-corrected chi connectivity index (χ4v) is 1.24. The van der Waals surface area contributed by atoms with E-state index in [1.54, 1.807) is 0 Å². The van der Waals surface area contributed by atoms with Gasteiger partial charge in [0.25, 0.3) is 0 Å². The van der Waals surface area contributed by atoms with E-state index in [0.29, 0.717) is 6.42 Å². The molecule has 0 bridgehead atoms. The molecule has 0 saturated carbocycles. The van der Waals surface area contributed by atoms with Crippen molar-refractivity contribution in [2.45, 2.75) is 19.3 Å². The van der Waals surface area contributed by atoms with Crippen LogP contribution in [0.3, 0.4) is 0 Å². The van der Waals surface area contributed by atoms with E-state index in [1.165, 1.54) is 0 Å². The standard InChI is InChI=1S/C10H12O2.H3N/c1-2-9(10(11)12)8-6-4-3-5-7-8;/h3-7,9H,2H2,1H3,(H,11,12);1H3. The molecule has 0 saturated heterocycles. The third-order valence-electron chi connectivity index (χ3n) is 1.91. The van der Waals surface area contributed by atoms with Gasteiger partial charge in [-0.3, -0.25) is 4.79 Å². The zero-order valence-electron chi connectivity index (χ0n) is 7.73. The molecule has 0 spiro atoms. The van der Waals surface area contributed by atoms with Crippen LogP contribution in [-0.2, 0) is 4.79 Å². The van der Waals surface area contributed by atoms with Crippen LogP contribution in [0.15, 0.2) is 30.3 Å². The normalized spacial score (nSPS) is 11.5. The average molecular weight is 181 g/mol. The summed E-state index contributed by atoms with van der Waals surface area (Å²) in [5, 5.41) is 8.83. The molecule has 0 aromatic heterocycles. The summed E-state index contributed by atoms with van der Waals surface area (Å²) in [6, 6.07) is 9.31. The van der Waals surface area contributed by atoms with Crippen LogP contribution in [0.2, 0.25) is 0 Å². The number of benzene rings is 1. The molecular weight excluding hydrogens is 166 g/mol. The first kappa shape index (κ1) is 11.6. The topological polar surface area (TPSA) is 72.3 Å². The Morgan fingerprint density at radius 2 is 1.92 bits per heavy atom. The second kappa shape index (κ2) is 5.32. The van der Waals surface area contributed by atoms with Crippen LogP contribution < -0.4 is 6.15 Å². The minimum absolute atomic E-state index is 0. The summed E-state index contributed by atoms with van der Waals surface area (Å²) < 4.78 is 0. The van der Waals surface area contributed by atoms with Crippen molar-refractivity contribution < 1.29 is 9.90 Å². The van der Waals surface area contributed by atoms with Crippen molar-refractivity contribution in [3.05, 3.63) is 35.9 Å². The molecule has 0 radical (unpaired) electrons. The van der Waals surface area contributed by atoms with Gasteiger partial charge in [0.05, 0.1) is 5.92 Å². The number of rotatable bonds is 3. The van der Waals surface area contributed by atoms with E-state index in [-0.39, 0.29) is 12.1 Å². The molecule has 0 aliphatic rings. The van der Waals surface area contributed by atoms with Crippen molar-refractivity contribution in [3.63, 3.8) is 0 Å². The molecule has 72 valence electrons. The van der Waals surface area contributed by atoms with Crippen LogP contribution in [0.4, 0.5) is 0 Å². The zero-order chi connectivity index (χ0) is 8.97. The number of hydrogen-bond donors (Lipinski definition) is 2. The Balaban J connectivity index is 0.00000144. The maximum Gasteiger partial charge on any atom is 0.310 e. The predicted molar refractivity (Wildman–Crippen MR) is 52.1 cm³/mol. The lowest BCUT2D eigenvalue weighted by Crippen LogP contribution is -2.09. The van der Waals surface area contributed by atoms with Gasteiger partial charge >= 0.3 is 5.97 Å². The Morgan fingerprint density at radius 1 is 1.38 bits per heavy atom. The van der Waals surface area contributed by atoms with Crippen molar-refractivity contribution in [2.75, 3.05) is 0 Å². The fraction of sp³-hybridized carbons (Fsp3) is 0.300. The van der Waals surface area contributed by atoms with E-state index < -0.39 is 5.97 Å². The summed E-state index contributed by atoms with van der Waals surface area (Å²) >= 11 is 0. The molecular formula is C10H15NO2. The van der Waals surface area contributed by atoms with Crippen molar-refractivity contribution in [3.8, 4) is 0 Å². The minimum Gasteiger partial charge on any atom is -0.481 e. The van der Waals surface area contributed by atoms with Crippen LogP contribution in [0.1, 0.15) is 24.8 Å². The molecule has 0 fully saturated rings. The van der Waals surface area contributed by atoms with E-state index in [9.17, 15) is 4.79 Å². The van der Waals surface area contributed by atoms with Crippen molar-refractivity contribution in [1.82, 2.24) is 6.15 Å². The second-order valence-corrected chi connectivity index (χ2v) is 2.71. The second-order valence-electron chi connectivity index (χ2n) is 2.71. The minimum atomic E-state index is -0.747. The Morgan fingerprint density at radius 3 is 2.31 bits per heavy atom. The molecule has 1 aromatic carbocycles. The summed E-state index contributed by atoms with van der Waals surface area (Å²) in [4.78, 5) is 10.7.